The summed E-state index contributed by atoms with van der Waals surface area (Å²) >= 11 is 0. The maximum absolute atomic E-state index is 12.5. The van der Waals surface area contributed by atoms with E-state index in [0.717, 1.165) is 44.0 Å². The zero-order valence-electron chi connectivity index (χ0n) is 16.8. The third-order valence-corrected chi connectivity index (χ3v) is 5.42. The number of esters is 1. The molecule has 0 atom stereocenters. The normalized spacial score (nSPS) is 11.3. The molecule has 5 rings (SSSR count). The van der Waals surface area contributed by atoms with Crippen molar-refractivity contribution < 1.29 is 14.3 Å². The van der Waals surface area contributed by atoms with Gasteiger partial charge in [-0.05, 0) is 42.8 Å². The van der Waals surface area contributed by atoms with Crippen LogP contribution in [0.1, 0.15) is 16.1 Å². The fourth-order valence-electron chi connectivity index (χ4n) is 3.91. The standard InChI is InChI=1S/C24H19N3O3/c1-13-20-16-12-15(29-2)9-11-18(16)26-23(20)22(27-21(13)24(28)30-3)19-10-8-14-6-4-5-7-17(14)25-19/h4-12,26H,1-3H3. The summed E-state index contributed by atoms with van der Waals surface area (Å²) in [4.78, 5) is 25.5. The molecule has 3 heterocycles. The van der Waals surface area contributed by atoms with Gasteiger partial charge in [-0.15, -0.1) is 0 Å². The molecule has 0 saturated heterocycles. The first-order chi connectivity index (χ1) is 14.6. The van der Waals surface area contributed by atoms with E-state index >= 15 is 0 Å². The minimum absolute atomic E-state index is 0.277. The van der Waals surface area contributed by atoms with Gasteiger partial charge in [0.1, 0.15) is 11.4 Å². The molecular formula is C24H19N3O3. The minimum atomic E-state index is -0.478. The van der Waals surface area contributed by atoms with E-state index in [9.17, 15) is 4.79 Å². The van der Waals surface area contributed by atoms with Gasteiger partial charge in [-0.1, -0.05) is 24.3 Å². The molecule has 0 saturated carbocycles. The number of benzene rings is 2. The van der Waals surface area contributed by atoms with Crippen molar-refractivity contribution in [1.82, 2.24) is 15.0 Å². The number of hydrogen-bond donors (Lipinski definition) is 1. The summed E-state index contributed by atoms with van der Waals surface area (Å²) in [5.74, 6) is 0.262. The zero-order valence-corrected chi connectivity index (χ0v) is 16.8. The van der Waals surface area contributed by atoms with E-state index in [0.29, 0.717) is 11.4 Å². The van der Waals surface area contributed by atoms with Crippen molar-refractivity contribution in [3.05, 3.63) is 65.9 Å². The van der Waals surface area contributed by atoms with Crippen molar-refractivity contribution in [2.75, 3.05) is 14.2 Å². The largest absolute Gasteiger partial charge is 0.497 e. The van der Waals surface area contributed by atoms with E-state index in [2.05, 4.69) is 9.97 Å². The number of hydrogen-bond acceptors (Lipinski definition) is 5. The summed E-state index contributed by atoms with van der Waals surface area (Å²) in [5, 5.41) is 2.90. The second-order valence-corrected chi connectivity index (χ2v) is 7.10. The lowest BCUT2D eigenvalue weighted by Crippen LogP contribution is -2.08. The number of pyridine rings is 2. The molecule has 5 aromatic rings. The molecule has 0 aliphatic carbocycles. The Hall–Kier alpha value is -3.93. The predicted molar refractivity (Wildman–Crippen MR) is 117 cm³/mol. The third kappa shape index (κ3) is 2.69. The molecule has 0 aliphatic heterocycles. The number of rotatable bonds is 3. The Bertz CT molecular complexity index is 1450. The van der Waals surface area contributed by atoms with E-state index in [4.69, 9.17) is 14.5 Å². The Labute approximate surface area is 172 Å². The number of ether oxygens (including phenoxy) is 2. The van der Waals surface area contributed by atoms with Crippen molar-refractivity contribution in [2.45, 2.75) is 6.92 Å². The van der Waals surface area contributed by atoms with Crippen LogP contribution in [-0.4, -0.2) is 35.1 Å². The fourth-order valence-corrected chi connectivity index (χ4v) is 3.91. The number of methoxy groups -OCH3 is 2. The number of para-hydroxylation sites is 1. The Balaban J connectivity index is 1.90. The maximum Gasteiger partial charge on any atom is 0.356 e. The molecule has 0 unspecified atom stereocenters. The summed E-state index contributed by atoms with van der Waals surface area (Å²) in [6.45, 7) is 1.88. The van der Waals surface area contributed by atoms with Crippen LogP contribution in [0.3, 0.4) is 0 Å². The third-order valence-electron chi connectivity index (χ3n) is 5.42. The summed E-state index contributed by atoms with van der Waals surface area (Å²) in [5.41, 5.74) is 4.94. The summed E-state index contributed by atoms with van der Waals surface area (Å²) in [6, 6.07) is 17.7. The van der Waals surface area contributed by atoms with Gasteiger partial charge < -0.3 is 14.5 Å². The second-order valence-electron chi connectivity index (χ2n) is 7.10. The van der Waals surface area contributed by atoms with E-state index in [-0.39, 0.29) is 5.69 Å². The van der Waals surface area contributed by atoms with Crippen molar-refractivity contribution in [3.63, 3.8) is 0 Å². The highest BCUT2D eigenvalue weighted by molar-refractivity contribution is 6.15. The van der Waals surface area contributed by atoms with Crippen LogP contribution in [0.15, 0.2) is 54.6 Å². The first-order valence-corrected chi connectivity index (χ1v) is 9.55. The van der Waals surface area contributed by atoms with E-state index < -0.39 is 5.97 Å². The molecule has 30 heavy (non-hydrogen) atoms. The van der Waals surface area contributed by atoms with Crippen LogP contribution in [0.25, 0.3) is 44.1 Å². The predicted octanol–water partition coefficient (Wildman–Crippen LogP) is 5.03. The first-order valence-electron chi connectivity index (χ1n) is 9.55. The Kier molecular flexibility index (Phi) is 4.13. The van der Waals surface area contributed by atoms with Crippen LogP contribution in [0.5, 0.6) is 5.75 Å². The lowest BCUT2D eigenvalue weighted by atomic mass is 10.0. The van der Waals surface area contributed by atoms with Crippen LogP contribution in [0, 0.1) is 6.92 Å². The van der Waals surface area contributed by atoms with Crippen LogP contribution in [0.4, 0.5) is 0 Å². The van der Waals surface area contributed by atoms with Gasteiger partial charge >= 0.3 is 5.97 Å². The zero-order chi connectivity index (χ0) is 20.8. The van der Waals surface area contributed by atoms with Crippen LogP contribution in [-0.2, 0) is 4.74 Å². The number of carbonyl (C=O) groups is 1. The number of aromatic nitrogens is 3. The average molecular weight is 397 g/mol. The lowest BCUT2D eigenvalue weighted by molar-refractivity contribution is 0.0593. The maximum atomic E-state index is 12.5. The highest BCUT2D eigenvalue weighted by Crippen LogP contribution is 2.37. The molecule has 0 fully saturated rings. The average Bonchev–Trinajstić information content (AvgIpc) is 3.17. The molecule has 0 spiro atoms. The van der Waals surface area contributed by atoms with Crippen LogP contribution < -0.4 is 4.74 Å². The summed E-state index contributed by atoms with van der Waals surface area (Å²) in [6.07, 6.45) is 0. The second kappa shape index (κ2) is 6.84. The molecule has 3 aromatic heterocycles. The van der Waals surface area contributed by atoms with Gasteiger partial charge in [-0.3, -0.25) is 0 Å². The van der Waals surface area contributed by atoms with Gasteiger partial charge in [-0.2, -0.15) is 0 Å². The van der Waals surface area contributed by atoms with Crippen LogP contribution >= 0.6 is 0 Å². The number of nitrogens with one attached hydrogen (secondary N) is 1. The summed E-state index contributed by atoms with van der Waals surface area (Å²) in [7, 11) is 2.99. The van der Waals surface area contributed by atoms with Crippen molar-refractivity contribution in [1.29, 1.82) is 0 Å². The number of H-pyrrole nitrogens is 1. The molecule has 6 nitrogen and oxygen atoms in total. The van der Waals surface area contributed by atoms with Crippen molar-refractivity contribution in [2.24, 2.45) is 0 Å². The molecule has 2 aromatic carbocycles. The van der Waals surface area contributed by atoms with E-state index in [1.807, 2.05) is 61.5 Å². The van der Waals surface area contributed by atoms with Gasteiger partial charge in [0.2, 0.25) is 0 Å². The molecule has 0 aliphatic rings. The van der Waals surface area contributed by atoms with Gasteiger partial charge in [0, 0.05) is 21.7 Å². The SMILES string of the molecule is COC(=O)c1nc(-c2ccc3ccccc3n2)c2[nH]c3ccc(OC)cc3c2c1C. The topological polar surface area (TPSA) is 77.1 Å². The smallest absolute Gasteiger partial charge is 0.356 e. The van der Waals surface area contributed by atoms with Crippen LogP contribution in [0.2, 0.25) is 0 Å². The fraction of sp³-hybridized carbons (Fsp3) is 0.125. The quantitative estimate of drug-likeness (QED) is 0.432. The molecule has 0 amide bonds. The van der Waals surface area contributed by atoms with Crippen molar-refractivity contribution in [3.8, 4) is 17.1 Å². The Morgan fingerprint density at radius 1 is 1.00 bits per heavy atom. The Morgan fingerprint density at radius 2 is 1.83 bits per heavy atom. The number of fused-ring (bicyclic) bond motifs is 4. The molecule has 0 radical (unpaired) electrons. The van der Waals surface area contributed by atoms with E-state index in [1.54, 1.807) is 7.11 Å². The van der Waals surface area contributed by atoms with Gasteiger partial charge in [0.25, 0.3) is 0 Å². The molecule has 6 heteroatoms. The number of nitrogens with zero attached hydrogens (tertiary/aromatic N) is 2. The number of carbonyl (C=O) groups excluding carboxylic acids is 1. The van der Waals surface area contributed by atoms with Gasteiger partial charge in [0.05, 0.1) is 30.9 Å². The summed E-state index contributed by atoms with van der Waals surface area (Å²) < 4.78 is 10.4. The minimum Gasteiger partial charge on any atom is -0.497 e. The monoisotopic (exact) mass is 397 g/mol. The number of aromatic amines is 1. The van der Waals surface area contributed by atoms with E-state index in [1.165, 1.54) is 7.11 Å². The number of aryl methyl sites for hydroxylation is 1. The molecule has 1 N–H and O–H groups in total. The first kappa shape index (κ1) is 18.1. The molecule has 148 valence electrons. The lowest BCUT2D eigenvalue weighted by Gasteiger charge is -2.10. The Morgan fingerprint density at radius 3 is 2.63 bits per heavy atom. The highest BCUT2D eigenvalue weighted by Gasteiger charge is 2.22. The highest BCUT2D eigenvalue weighted by atomic mass is 16.5. The van der Waals surface area contributed by atoms with Gasteiger partial charge in [-0.25, -0.2) is 14.8 Å². The molecular weight excluding hydrogens is 378 g/mol. The molecule has 0 bridgehead atoms. The van der Waals surface area contributed by atoms with Gasteiger partial charge in [0.15, 0.2) is 5.69 Å². The van der Waals surface area contributed by atoms with Crippen molar-refractivity contribution >= 4 is 38.7 Å².